The van der Waals surface area contributed by atoms with Gasteiger partial charge in [-0.3, -0.25) is 5.10 Å². The molecule has 1 aromatic carbocycles. The third-order valence-corrected chi connectivity index (χ3v) is 3.81. The average molecular weight is 267 g/mol. The fourth-order valence-corrected chi connectivity index (χ4v) is 2.86. The normalized spacial score (nSPS) is 17.2. The average Bonchev–Trinajstić information content (AvgIpc) is 2.91. The highest BCUT2D eigenvalue weighted by Crippen LogP contribution is 2.35. The Bertz CT molecular complexity index is 612. The van der Waals surface area contributed by atoms with E-state index in [1.807, 2.05) is 30.3 Å². The molecule has 3 rings (SSSR count). The number of aryl methyl sites for hydroxylation is 1. The summed E-state index contributed by atoms with van der Waals surface area (Å²) >= 11 is 0. The summed E-state index contributed by atoms with van der Waals surface area (Å²) in [6.07, 6.45) is 3.78. The van der Waals surface area contributed by atoms with E-state index in [-0.39, 0.29) is 0 Å². The molecular weight excluding hydrogens is 250 g/mol. The lowest BCUT2D eigenvalue weighted by Crippen LogP contribution is -2.11. The molecule has 1 N–H and O–H groups in total. The second-order valence-corrected chi connectivity index (χ2v) is 5.12. The van der Waals surface area contributed by atoms with Crippen LogP contribution in [0.5, 0.6) is 5.75 Å². The van der Waals surface area contributed by atoms with Gasteiger partial charge in [0.1, 0.15) is 18.1 Å². The molecule has 0 bridgehead atoms. The third-order valence-electron chi connectivity index (χ3n) is 3.81. The SMILES string of the molecule is N#CCC1CCCc2[nH]nc(COc3ccccc3)c21. The molecular formula is C16H17N3O. The molecule has 1 heterocycles. The van der Waals surface area contributed by atoms with Crippen LogP contribution in [0.3, 0.4) is 0 Å². The number of nitriles is 1. The van der Waals surface area contributed by atoms with Crippen LogP contribution in [-0.2, 0) is 13.0 Å². The number of fused-ring (bicyclic) bond motifs is 1. The Morgan fingerprint density at radius 3 is 3.00 bits per heavy atom. The van der Waals surface area contributed by atoms with E-state index in [0.29, 0.717) is 18.9 Å². The number of nitrogens with one attached hydrogen (secondary N) is 1. The largest absolute Gasteiger partial charge is 0.487 e. The molecule has 0 saturated carbocycles. The van der Waals surface area contributed by atoms with Crippen LogP contribution in [-0.4, -0.2) is 10.2 Å². The van der Waals surface area contributed by atoms with Gasteiger partial charge in [-0.1, -0.05) is 18.2 Å². The van der Waals surface area contributed by atoms with Crippen LogP contribution in [0.4, 0.5) is 0 Å². The van der Waals surface area contributed by atoms with Gasteiger partial charge in [-0.2, -0.15) is 10.4 Å². The van der Waals surface area contributed by atoms with Crippen molar-refractivity contribution in [1.82, 2.24) is 10.2 Å². The maximum absolute atomic E-state index is 8.97. The first-order valence-electron chi connectivity index (χ1n) is 6.99. The molecule has 0 radical (unpaired) electrons. The summed E-state index contributed by atoms with van der Waals surface area (Å²) in [7, 11) is 0. The van der Waals surface area contributed by atoms with Crippen molar-refractivity contribution in [3.63, 3.8) is 0 Å². The molecule has 1 aromatic heterocycles. The van der Waals surface area contributed by atoms with E-state index in [1.165, 1.54) is 11.3 Å². The van der Waals surface area contributed by atoms with E-state index >= 15 is 0 Å². The maximum Gasteiger partial charge on any atom is 0.132 e. The minimum absolute atomic E-state index is 0.303. The molecule has 0 aliphatic heterocycles. The number of hydrogen-bond donors (Lipinski definition) is 1. The number of ether oxygens (including phenoxy) is 1. The van der Waals surface area contributed by atoms with E-state index in [0.717, 1.165) is 30.7 Å². The number of aromatic amines is 1. The van der Waals surface area contributed by atoms with Gasteiger partial charge in [0.2, 0.25) is 0 Å². The minimum atomic E-state index is 0.303. The number of aromatic nitrogens is 2. The Balaban J connectivity index is 1.78. The lowest BCUT2D eigenvalue weighted by atomic mass is 9.83. The smallest absolute Gasteiger partial charge is 0.132 e. The highest BCUT2D eigenvalue weighted by Gasteiger charge is 2.26. The highest BCUT2D eigenvalue weighted by atomic mass is 16.5. The Labute approximate surface area is 118 Å². The van der Waals surface area contributed by atoms with Gasteiger partial charge in [-0.15, -0.1) is 0 Å². The molecule has 2 aromatic rings. The van der Waals surface area contributed by atoms with Crippen molar-refractivity contribution in [3.05, 3.63) is 47.3 Å². The van der Waals surface area contributed by atoms with Crippen molar-refractivity contribution in [2.24, 2.45) is 0 Å². The number of H-pyrrole nitrogens is 1. The number of para-hydroxylation sites is 1. The molecule has 0 saturated heterocycles. The predicted molar refractivity (Wildman–Crippen MR) is 75.3 cm³/mol. The first kappa shape index (κ1) is 12.7. The van der Waals surface area contributed by atoms with E-state index < -0.39 is 0 Å². The molecule has 1 aliphatic rings. The second-order valence-electron chi connectivity index (χ2n) is 5.12. The van der Waals surface area contributed by atoms with Crippen LogP contribution in [0, 0.1) is 11.3 Å². The van der Waals surface area contributed by atoms with Gasteiger partial charge < -0.3 is 4.74 Å². The van der Waals surface area contributed by atoms with Crippen LogP contribution in [0.1, 0.15) is 42.1 Å². The minimum Gasteiger partial charge on any atom is -0.487 e. The first-order valence-corrected chi connectivity index (χ1v) is 6.99. The molecule has 20 heavy (non-hydrogen) atoms. The van der Waals surface area contributed by atoms with Gasteiger partial charge in [0.05, 0.1) is 6.07 Å². The quantitative estimate of drug-likeness (QED) is 0.924. The van der Waals surface area contributed by atoms with E-state index in [9.17, 15) is 0 Å². The zero-order chi connectivity index (χ0) is 13.8. The Morgan fingerprint density at radius 2 is 2.20 bits per heavy atom. The third kappa shape index (κ3) is 2.53. The number of nitrogens with zero attached hydrogens (tertiary/aromatic N) is 2. The number of hydrogen-bond acceptors (Lipinski definition) is 3. The fraction of sp³-hybridized carbons (Fsp3) is 0.375. The van der Waals surface area contributed by atoms with Gasteiger partial charge in [0.15, 0.2) is 0 Å². The fourth-order valence-electron chi connectivity index (χ4n) is 2.86. The molecule has 0 spiro atoms. The van der Waals surface area contributed by atoms with Crippen LogP contribution < -0.4 is 4.74 Å². The summed E-state index contributed by atoms with van der Waals surface area (Å²) in [5.41, 5.74) is 3.35. The Kier molecular flexibility index (Phi) is 3.69. The lowest BCUT2D eigenvalue weighted by molar-refractivity contribution is 0.298. The summed E-state index contributed by atoms with van der Waals surface area (Å²) in [4.78, 5) is 0. The molecule has 0 fully saturated rings. The van der Waals surface area contributed by atoms with Crippen LogP contribution >= 0.6 is 0 Å². The standard InChI is InChI=1S/C16H17N3O/c17-10-9-12-5-4-8-14-16(12)15(19-18-14)11-20-13-6-2-1-3-7-13/h1-3,6-7,12H,4-5,8-9,11H2,(H,18,19). The molecule has 1 atom stereocenters. The van der Waals surface area contributed by atoms with Gasteiger partial charge in [0, 0.05) is 23.6 Å². The van der Waals surface area contributed by atoms with Crippen LogP contribution in [0.25, 0.3) is 0 Å². The van der Waals surface area contributed by atoms with Crippen LogP contribution in [0.15, 0.2) is 30.3 Å². The second kappa shape index (κ2) is 5.79. The van der Waals surface area contributed by atoms with Gasteiger partial charge in [-0.05, 0) is 31.4 Å². The Morgan fingerprint density at radius 1 is 1.35 bits per heavy atom. The summed E-state index contributed by atoms with van der Waals surface area (Å²) in [5.74, 6) is 1.15. The number of benzene rings is 1. The van der Waals surface area contributed by atoms with Gasteiger partial charge in [0.25, 0.3) is 0 Å². The summed E-state index contributed by atoms with van der Waals surface area (Å²) < 4.78 is 5.78. The summed E-state index contributed by atoms with van der Waals surface area (Å²) in [6.45, 7) is 0.456. The van der Waals surface area contributed by atoms with Gasteiger partial charge >= 0.3 is 0 Å². The molecule has 1 aliphatic carbocycles. The monoisotopic (exact) mass is 267 g/mol. The van der Waals surface area contributed by atoms with Crippen molar-refractivity contribution in [2.75, 3.05) is 0 Å². The van der Waals surface area contributed by atoms with Crippen molar-refractivity contribution >= 4 is 0 Å². The van der Waals surface area contributed by atoms with Gasteiger partial charge in [-0.25, -0.2) is 0 Å². The molecule has 1 unspecified atom stereocenters. The maximum atomic E-state index is 8.97. The van der Waals surface area contributed by atoms with E-state index in [4.69, 9.17) is 10.00 Å². The Hall–Kier alpha value is -2.28. The summed E-state index contributed by atoms with van der Waals surface area (Å²) in [6, 6.07) is 12.0. The summed E-state index contributed by atoms with van der Waals surface area (Å²) in [5, 5.41) is 16.5. The van der Waals surface area contributed by atoms with Crippen molar-refractivity contribution in [3.8, 4) is 11.8 Å². The molecule has 0 amide bonds. The number of rotatable bonds is 4. The first-order chi connectivity index (χ1) is 9.88. The molecule has 102 valence electrons. The van der Waals surface area contributed by atoms with Crippen molar-refractivity contribution in [2.45, 2.75) is 38.2 Å². The highest BCUT2D eigenvalue weighted by molar-refractivity contribution is 5.32. The van der Waals surface area contributed by atoms with Crippen molar-refractivity contribution < 1.29 is 4.74 Å². The van der Waals surface area contributed by atoms with E-state index in [2.05, 4.69) is 16.3 Å². The zero-order valence-electron chi connectivity index (χ0n) is 11.3. The molecule has 4 nitrogen and oxygen atoms in total. The van der Waals surface area contributed by atoms with Crippen molar-refractivity contribution in [1.29, 1.82) is 5.26 Å². The zero-order valence-corrected chi connectivity index (χ0v) is 11.3. The molecule has 4 heteroatoms. The predicted octanol–water partition coefficient (Wildman–Crippen LogP) is 3.32. The van der Waals surface area contributed by atoms with E-state index in [1.54, 1.807) is 0 Å². The lowest BCUT2D eigenvalue weighted by Gasteiger charge is -2.20. The van der Waals surface area contributed by atoms with Crippen LogP contribution in [0.2, 0.25) is 0 Å². The topological polar surface area (TPSA) is 61.7 Å².